The van der Waals surface area contributed by atoms with Gasteiger partial charge in [-0.25, -0.2) is 8.78 Å². The highest BCUT2D eigenvalue weighted by Gasteiger charge is 2.67. The zero-order valence-electron chi connectivity index (χ0n) is 19.8. The number of hydrogen-bond donors (Lipinski definition) is 3. The van der Waals surface area contributed by atoms with E-state index >= 15 is 0 Å². The minimum absolute atomic E-state index is 0.0613. The molecule has 41 heavy (non-hydrogen) atoms. The lowest BCUT2D eigenvalue weighted by Gasteiger charge is -2.14. The molecule has 216 valence electrons. The van der Waals surface area contributed by atoms with Gasteiger partial charge in [-0.15, -0.1) is 23.2 Å². The van der Waals surface area contributed by atoms with Gasteiger partial charge in [0.15, 0.2) is 5.82 Å². The van der Waals surface area contributed by atoms with E-state index in [0.717, 1.165) is 17.4 Å². The predicted molar refractivity (Wildman–Crippen MR) is 146 cm³/mol. The van der Waals surface area contributed by atoms with Gasteiger partial charge in [0, 0.05) is 11.6 Å². The first-order chi connectivity index (χ1) is 19.0. The number of carbonyl (C=O) groups excluding carboxylic acids is 3. The molecule has 0 heterocycles. The van der Waals surface area contributed by atoms with Crippen LogP contribution in [0.2, 0.25) is 15.1 Å². The van der Waals surface area contributed by atoms with Gasteiger partial charge in [0.25, 0.3) is 5.91 Å². The minimum Gasteiger partial charge on any atom is -0.326 e. The molecule has 1 fully saturated rings. The minimum atomic E-state index is -5.43. The van der Waals surface area contributed by atoms with Crippen LogP contribution in [0.5, 0.6) is 0 Å². The molecule has 6 nitrogen and oxygen atoms in total. The number of rotatable bonds is 6. The first-order valence-electron chi connectivity index (χ1n) is 11.1. The summed E-state index contributed by atoms with van der Waals surface area (Å²) < 4.78 is 64.8. The number of alkyl halides is 5. The molecule has 16 heteroatoms. The smallest absolute Gasteiger partial charge is 0.326 e. The monoisotopic (exact) mass is 673 g/mol. The van der Waals surface area contributed by atoms with Crippen molar-refractivity contribution in [1.82, 2.24) is 0 Å². The van der Waals surface area contributed by atoms with Gasteiger partial charge in [0.2, 0.25) is 5.91 Å². The van der Waals surface area contributed by atoms with E-state index in [-0.39, 0.29) is 21.3 Å². The van der Waals surface area contributed by atoms with Gasteiger partial charge in [-0.2, -0.15) is 13.2 Å². The van der Waals surface area contributed by atoms with Crippen LogP contribution in [0.1, 0.15) is 21.8 Å². The molecule has 0 aromatic heterocycles. The molecule has 4 rings (SSSR count). The van der Waals surface area contributed by atoms with E-state index in [1.165, 1.54) is 24.3 Å². The third-order valence-electron chi connectivity index (χ3n) is 5.95. The molecule has 0 aliphatic heterocycles. The second-order valence-corrected chi connectivity index (χ2v) is 11.3. The maximum Gasteiger partial charge on any atom is 0.471 e. The summed E-state index contributed by atoms with van der Waals surface area (Å²) in [5.41, 5.74) is -1.87. The van der Waals surface area contributed by atoms with Crippen LogP contribution in [-0.4, -0.2) is 28.2 Å². The number of amides is 3. The molecule has 1 aliphatic rings. The highest BCUT2D eigenvalue weighted by Crippen LogP contribution is 2.65. The van der Waals surface area contributed by atoms with Crippen molar-refractivity contribution in [3.63, 3.8) is 0 Å². The third-order valence-corrected chi connectivity index (χ3v) is 7.96. The molecule has 1 unspecified atom stereocenters. The lowest BCUT2D eigenvalue weighted by atomic mass is 10.1. The second-order valence-electron chi connectivity index (χ2n) is 8.68. The molecule has 3 N–H and O–H groups in total. The van der Waals surface area contributed by atoms with Gasteiger partial charge in [0.05, 0.1) is 32.2 Å². The zero-order chi connectivity index (χ0) is 30.4. The van der Waals surface area contributed by atoms with Gasteiger partial charge in [-0.1, -0.05) is 40.9 Å². The normalized spacial score (nSPS) is 17.5. The van der Waals surface area contributed by atoms with Crippen LogP contribution in [0.15, 0.2) is 48.5 Å². The fourth-order valence-electron chi connectivity index (χ4n) is 3.91. The fraction of sp³-hybridized carbons (Fsp3) is 0.160. The molecule has 0 radical (unpaired) electrons. The first kappa shape index (κ1) is 31.1. The molecule has 2 atom stereocenters. The average Bonchev–Trinajstić information content (AvgIpc) is 3.47. The molecule has 1 aliphatic carbocycles. The van der Waals surface area contributed by atoms with E-state index in [9.17, 15) is 36.3 Å². The number of halogens is 10. The quantitative estimate of drug-likeness (QED) is 0.182. The number of benzene rings is 3. The number of hydrogen-bond acceptors (Lipinski definition) is 3. The van der Waals surface area contributed by atoms with Crippen molar-refractivity contribution in [3.8, 4) is 0 Å². The Morgan fingerprint density at radius 1 is 0.805 bits per heavy atom. The molecule has 3 amide bonds. The van der Waals surface area contributed by atoms with Crippen LogP contribution < -0.4 is 16.0 Å². The Hall–Kier alpha value is -2.83. The summed E-state index contributed by atoms with van der Waals surface area (Å²) in [5.74, 6) is -9.07. The van der Waals surface area contributed by atoms with Crippen molar-refractivity contribution in [2.24, 2.45) is 5.92 Å². The van der Waals surface area contributed by atoms with Crippen LogP contribution in [0.25, 0.3) is 0 Å². The van der Waals surface area contributed by atoms with E-state index in [0.29, 0.717) is 16.7 Å². The van der Waals surface area contributed by atoms with Crippen molar-refractivity contribution >= 4 is 92.8 Å². The lowest BCUT2D eigenvalue weighted by molar-refractivity contribution is -0.167. The van der Waals surface area contributed by atoms with E-state index < -0.39 is 63.1 Å². The molecular weight excluding hydrogens is 663 g/mol. The molecule has 0 saturated heterocycles. The topological polar surface area (TPSA) is 87.3 Å². The average molecular weight is 676 g/mol. The van der Waals surface area contributed by atoms with E-state index in [1.54, 1.807) is 6.07 Å². The Morgan fingerprint density at radius 3 is 2.10 bits per heavy atom. The first-order valence-corrected chi connectivity index (χ1v) is 13.0. The van der Waals surface area contributed by atoms with Crippen LogP contribution in [-0.2, 0) is 9.59 Å². The largest absolute Gasteiger partial charge is 0.471 e. The van der Waals surface area contributed by atoms with Crippen LogP contribution in [0.3, 0.4) is 0 Å². The maximum absolute atomic E-state index is 14.7. The summed E-state index contributed by atoms with van der Waals surface area (Å²) in [6.07, 6.45) is -5.43. The Kier molecular flexibility index (Phi) is 8.69. The number of anilines is 3. The van der Waals surface area contributed by atoms with Gasteiger partial charge in [-0.05, 0) is 48.0 Å². The summed E-state index contributed by atoms with van der Waals surface area (Å²) in [6.45, 7) is 0. The van der Waals surface area contributed by atoms with Gasteiger partial charge < -0.3 is 16.0 Å². The van der Waals surface area contributed by atoms with Gasteiger partial charge in [0.1, 0.15) is 15.8 Å². The van der Waals surface area contributed by atoms with Crippen LogP contribution in [0, 0.1) is 17.6 Å². The van der Waals surface area contributed by atoms with Gasteiger partial charge in [-0.3, -0.25) is 14.4 Å². The highest BCUT2D eigenvalue weighted by atomic mass is 35.5. The van der Waals surface area contributed by atoms with Crippen LogP contribution >= 0.6 is 58.0 Å². The Morgan fingerprint density at radius 2 is 1.46 bits per heavy atom. The molecule has 1 saturated carbocycles. The Labute approximate surface area is 253 Å². The second kappa shape index (κ2) is 11.4. The van der Waals surface area contributed by atoms with E-state index in [2.05, 4.69) is 5.32 Å². The summed E-state index contributed by atoms with van der Waals surface area (Å²) >= 11 is 30.8. The Balaban J connectivity index is 1.52. The molecule has 3 aromatic carbocycles. The fourth-order valence-corrected chi connectivity index (χ4v) is 5.25. The summed E-state index contributed by atoms with van der Waals surface area (Å²) in [6, 6.07) is 9.64. The SMILES string of the molecule is O=C(Nc1ccc(F)c(NC(=O)C(F)(F)F)c1F)c1cc(NC(=O)C2[C@H](c3ccc(Cl)c(Cl)c3)C2(Cl)Cl)ccc1Cl. The van der Waals surface area contributed by atoms with E-state index in [4.69, 9.17) is 58.0 Å². The summed E-state index contributed by atoms with van der Waals surface area (Å²) in [4.78, 5) is 37.0. The van der Waals surface area contributed by atoms with Crippen molar-refractivity contribution in [2.45, 2.75) is 16.4 Å². The van der Waals surface area contributed by atoms with Gasteiger partial charge >= 0.3 is 12.1 Å². The number of carbonyl (C=O) groups is 3. The Bertz CT molecular complexity index is 1590. The van der Waals surface area contributed by atoms with Crippen molar-refractivity contribution in [3.05, 3.63) is 86.4 Å². The molecule has 3 aromatic rings. The molecule has 0 bridgehead atoms. The third kappa shape index (κ3) is 6.49. The zero-order valence-corrected chi connectivity index (χ0v) is 23.6. The van der Waals surface area contributed by atoms with Crippen molar-refractivity contribution in [1.29, 1.82) is 0 Å². The van der Waals surface area contributed by atoms with E-state index in [1.807, 2.05) is 5.32 Å². The highest BCUT2D eigenvalue weighted by molar-refractivity contribution is 6.53. The van der Waals surface area contributed by atoms with Crippen LogP contribution in [0.4, 0.5) is 39.0 Å². The van der Waals surface area contributed by atoms with Crippen molar-refractivity contribution in [2.75, 3.05) is 16.0 Å². The maximum atomic E-state index is 14.7. The summed E-state index contributed by atoms with van der Waals surface area (Å²) in [5, 5.41) is 6.05. The predicted octanol–water partition coefficient (Wildman–Crippen LogP) is 8.20. The van der Waals surface area contributed by atoms with Crippen molar-refractivity contribution < 1.29 is 36.3 Å². The summed E-state index contributed by atoms with van der Waals surface area (Å²) in [7, 11) is 0. The lowest BCUT2D eigenvalue weighted by Crippen LogP contribution is -2.31. The number of nitrogens with one attached hydrogen (secondary N) is 3. The standard InChI is InChI=1S/C25H13Cl5F5N3O3/c26-12-4-2-10(36-22(40)18-17(24(18,29)30)9-1-3-13(27)14(28)7-9)8-11(12)21(39)37-16-6-5-15(31)20(19(16)32)38-23(41)25(33,34)35/h1-8,17-18H,(H,36,40)(H,37,39)(H,38,41)/t17-,18?/m0/s1. The molecule has 0 spiro atoms. The molecular formula is C25H13Cl5F5N3O3.